The molecular formula is C12H14F2O4. The number of carboxylic acids is 1. The van der Waals surface area contributed by atoms with Crippen molar-refractivity contribution in [1.29, 1.82) is 0 Å². The molecule has 0 radical (unpaired) electrons. The van der Waals surface area contributed by atoms with E-state index in [0.29, 0.717) is 6.42 Å². The number of aromatic carboxylic acids is 1. The summed E-state index contributed by atoms with van der Waals surface area (Å²) in [5.41, 5.74) is 0.0750. The largest absolute Gasteiger partial charge is 0.493 e. The predicted octanol–water partition coefficient (Wildman–Crippen LogP) is 2.44. The van der Waals surface area contributed by atoms with Crippen LogP contribution in [0.4, 0.5) is 8.78 Å². The molecule has 0 aliphatic carbocycles. The molecule has 1 aromatic carbocycles. The Kier molecular flexibility index (Phi) is 6.07. The zero-order valence-corrected chi connectivity index (χ0v) is 9.64. The molecule has 100 valence electrons. The number of hydrogen-bond acceptors (Lipinski definition) is 3. The summed E-state index contributed by atoms with van der Waals surface area (Å²) in [4.78, 5) is 10.8. The minimum Gasteiger partial charge on any atom is -0.493 e. The maximum Gasteiger partial charge on any atom is 0.339 e. The van der Waals surface area contributed by atoms with Gasteiger partial charge in [-0.2, -0.15) is 0 Å². The summed E-state index contributed by atoms with van der Waals surface area (Å²) in [6, 6.07) is 6.24. The van der Waals surface area contributed by atoms with Gasteiger partial charge in [-0.3, -0.25) is 0 Å². The number of para-hydroxylation sites is 1. The van der Waals surface area contributed by atoms with Crippen molar-refractivity contribution >= 4 is 5.97 Å². The van der Waals surface area contributed by atoms with Gasteiger partial charge in [0.05, 0.1) is 13.2 Å². The fraction of sp³-hybridized carbons (Fsp3) is 0.417. The molecule has 0 bridgehead atoms. The van der Waals surface area contributed by atoms with E-state index in [0.717, 1.165) is 0 Å². The molecule has 0 fully saturated rings. The van der Waals surface area contributed by atoms with Crippen LogP contribution in [-0.4, -0.2) is 37.3 Å². The third-order valence-electron chi connectivity index (χ3n) is 2.05. The molecule has 1 rings (SSSR count). The van der Waals surface area contributed by atoms with Gasteiger partial charge in [-0.25, -0.2) is 13.6 Å². The second-order valence-corrected chi connectivity index (χ2v) is 3.47. The highest BCUT2D eigenvalue weighted by atomic mass is 19.3. The topological polar surface area (TPSA) is 55.8 Å². The Balaban J connectivity index is 2.29. The lowest BCUT2D eigenvalue weighted by atomic mass is 10.2. The lowest BCUT2D eigenvalue weighted by molar-refractivity contribution is 0.0138. The Morgan fingerprint density at radius 3 is 2.67 bits per heavy atom. The van der Waals surface area contributed by atoms with Gasteiger partial charge < -0.3 is 14.6 Å². The van der Waals surface area contributed by atoms with Gasteiger partial charge in [0, 0.05) is 6.42 Å². The van der Waals surface area contributed by atoms with Crippen LogP contribution in [0.25, 0.3) is 0 Å². The Bertz CT molecular complexity index is 382. The van der Waals surface area contributed by atoms with Crippen molar-refractivity contribution < 1.29 is 28.2 Å². The van der Waals surface area contributed by atoms with Gasteiger partial charge >= 0.3 is 5.97 Å². The van der Waals surface area contributed by atoms with Crippen molar-refractivity contribution in [2.75, 3.05) is 19.8 Å². The Morgan fingerprint density at radius 1 is 1.28 bits per heavy atom. The normalized spacial score (nSPS) is 10.6. The van der Waals surface area contributed by atoms with Crippen LogP contribution in [-0.2, 0) is 4.74 Å². The molecule has 0 saturated carbocycles. The van der Waals surface area contributed by atoms with Gasteiger partial charge in [0.2, 0.25) is 0 Å². The smallest absolute Gasteiger partial charge is 0.339 e. The first-order valence-electron chi connectivity index (χ1n) is 5.42. The maximum atomic E-state index is 11.7. The maximum absolute atomic E-state index is 11.7. The van der Waals surface area contributed by atoms with Crippen LogP contribution in [0.5, 0.6) is 5.75 Å². The van der Waals surface area contributed by atoms with E-state index < -0.39 is 19.0 Å². The summed E-state index contributed by atoms with van der Waals surface area (Å²) in [7, 11) is 0. The predicted molar refractivity (Wildman–Crippen MR) is 60.3 cm³/mol. The van der Waals surface area contributed by atoms with E-state index in [9.17, 15) is 13.6 Å². The zero-order valence-electron chi connectivity index (χ0n) is 9.64. The van der Waals surface area contributed by atoms with Crippen molar-refractivity contribution in [3.8, 4) is 5.75 Å². The summed E-state index contributed by atoms with van der Waals surface area (Å²) < 4.78 is 33.4. The molecule has 4 nitrogen and oxygen atoms in total. The zero-order chi connectivity index (χ0) is 13.4. The fourth-order valence-corrected chi connectivity index (χ4v) is 1.28. The highest BCUT2D eigenvalue weighted by Crippen LogP contribution is 2.17. The molecule has 18 heavy (non-hydrogen) atoms. The number of carboxylic acid groups (broad SMARTS) is 1. The highest BCUT2D eigenvalue weighted by Gasteiger charge is 2.09. The van der Waals surface area contributed by atoms with E-state index in [1.54, 1.807) is 18.2 Å². The molecule has 0 atom stereocenters. The van der Waals surface area contributed by atoms with Crippen molar-refractivity contribution in [2.45, 2.75) is 12.8 Å². The lowest BCUT2D eigenvalue weighted by Crippen LogP contribution is -2.09. The van der Waals surface area contributed by atoms with E-state index in [4.69, 9.17) is 9.84 Å². The first-order chi connectivity index (χ1) is 8.61. The second-order valence-electron chi connectivity index (χ2n) is 3.47. The SMILES string of the molecule is O=C(O)c1ccccc1OCCCOCC(F)F. The number of alkyl halides is 2. The monoisotopic (exact) mass is 260 g/mol. The lowest BCUT2D eigenvalue weighted by Gasteiger charge is -2.09. The van der Waals surface area contributed by atoms with Crippen LogP contribution in [0.15, 0.2) is 24.3 Å². The molecule has 1 N–H and O–H groups in total. The van der Waals surface area contributed by atoms with E-state index in [1.165, 1.54) is 6.07 Å². The third-order valence-corrected chi connectivity index (χ3v) is 2.05. The van der Waals surface area contributed by atoms with E-state index >= 15 is 0 Å². The third kappa shape index (κ3) is 5.09. The number of ether oxygens (including phenoxy) is 2. The van der Waals surface area contributed by atoms with Gasteiger partial charge in [-0.1, -0.05) is 12.1 Å². The van der Waals surface area contributed by atoms with Crippen LogP contribution in [0.1, 0.15) is 16.8 Å². The van der Waals surface area contributed by atoms with Gasteiger partial charge in [0.15, 0.2) is 0 Å². The van der Waals surface area contributed by atoms with Crippen LogP contribution in [0.3, 0.4) is 0 Å². The summed E-state index contributed by atoms with van der Waals surface area (Å²) in [6.45, 7) is -0.223. The standard InChI is InChI=1S/C12H14F2O4/c13-11(14)8-17-6-3-7-18-10-5-2-1-4-9(10)12(15)16/h1-2,4-5,11H,3,6-8H2,(H,15,16). The van der Waals surface area contributed by atoms with E-state index in [2.05, 4.69) is 4.74 Å². The summed E-state index contributed by atoms with van der Waals surface area (Å²) in [6.07, 6.45) is -2.06. The second kappa shape index (κ2) is 7.60. The molecule has 0 heterocycles. The van der Waals surface area contributed by atoms with Gasteiger partial charge in [-0.05, 0) is 12.1 Å². The highest BCUT2D eigenvalue weighted by molar-refractivity contribution is 5.90. The van der Waals surface area contributed by atoms with Crippen molar-refractivity contribution in [3.63, 3.8) is 0 Å². The number of rotatable bonds is 8. The van der Waals surface area contributed by atoms with Crippen LogP contribution < -0.4 is 4.74 Å². The van der Waals surface area contributed by atoms with Crippen LogP contribution in [0.2, 0.25) is 0 Å². The number of halogens is 2. The van der Waals surface area contributed by atoms with Gasteiger partial charge in [0.1, 0.15) is 17.9 Å². The fourth-order valence-electron chi connectivity index (χ4n) is 1.28. The quantitative estimate of drug-likeness (QED) is 0.729. The summed E-state index contributed by atoms with van der Waals surface area (Å²) in [5, 5.41) is 8.88. The summed E-state index contributed by atoms with van der Waals surface area (Å²) >= 11 is 0. The van der Waals surface area contributed by atoms with Crippen molar-refractivity contribution in [2.24, 2.45) is 0 Å². The average Bonchev–Trinajstić information content (AvgIpc) is 2.33. The number of carbonyl (C=O) groups is 1. The van der Waals surface area contributed by atoms with Crippen molar-refractivity contribution in [3.05, 3.63) is 29.8 Å². The molecular weight excluding hydrogens is 246 g/mol. The minimum atomic E-state index is -2.47. The van der Waals surface area contributed by atoms with Gasteiger partial charge in [0.25, 0.3) is 6.43 Å². The van der Waals surface area contributed by atoms with E-state index in [-0.39, 0.29) is 24.5 Å². The number of benzene rings is 1. The molecule has 0 aliphatic heterocycles. The molecule has 6 heteroatoms. The van der Waals surface area contributed by atoms with Crippen molar-refractivity contribution in [1.82, 2.24) is 0 Å². The van der Waals surface area contributed by atoms with Gasteiger partial charge in [-0.15, -0.1) is 0 Å². The molecule has 0 spiro atoms. The molecule has 1 aromatic rings. The first-order valence-corrected chi connectivity index (χ1v) is 5.42. The first kappa shape index (κ1) is 14.4. The Hall–Kier alpha value is -1.69. The van der Waals surface area contributed by atoms with E-state index in [1.807, 2.05) is 0 Å². The summed E-state index contributed by atoms with van der Waals surface area (Å²) in [5.74, 6) is -0.807. The molecule has 0 unspecified atom stereocenters. The average molecular weight is 260 g/mol. The minimum absolute atomic E-state index is 0.0750. The number of hydrogen-bond donors (Lipinski definition) is 1. The molecule has 0 amide bonds. The van der Waals surface area contributed by atoms with Crippen LogP contribution in [0, 0.1) is 0 Å². The molecule has 0 aliphatic rings. The molecule has 0 aromatic heterocycles. The molecule has 0 saturated heterocycles. The van der Waals surface area contributed by atoms with Crippen LogP contribution >= 0.6 is 0 Å². The Morgan fingerprint density at radius 2 is 2.00 bits per heavy atom. The Labute approximate surface area is 103 Å².